The van der Waals surface area contributed by atoms with Crippen molar-refractivity contribution in [1.29, 1.82) is 0 Å². The number of nitrogens with one attached hydrogen (secondary N) is 2. The molecular formula is C20H16FN5O. The molecule has 0 bridgehead atoms. The van der Waals surface area contributed by atoms with Gasteiger partial charge in [0.15, 0.2) is 5.65 Å². The molecule has 4 rings (SSSR count). The maximum Gasteiger partial charge on any atom is 0.221 e. The van der Waals surface area contributed by atoms with E-state index in [4.69, 9.17) is 4.98 Å². The summed E-state index contributed by atoms with van der Waals surface area (Å²) in [6, 6.07) is 11.9. The Labute approximate surface area is 154 Å². The lowest BCUT2D eigenvalue weighted by molar-refractivity contribution is -0.114. The summed E-state index contributed by atoms with van der Waals surface area (Å²) in [5, 5.41) is 9.91. The van der Waals surface area contributed by atoms with Gasteiger partial charge in [-0.3, -0.25) is 9.89 Å². The number of rotatable bonds is 3. The highest BCUT2D eigenvalue weighted by Crippen LogP contribution is 2.29. The van der Waals surface area contributed by atoms with Crippen molar-refractivity contribution in [2.24, 2.45) is 0 Å². The second-order valence-electron chi connectivity index (χ2n) is 6.25. The second-order valence-corrected chi connectivity index (χ2v) is 6.25. The Balaban J connectivity index is 1.82. The Bertz CT molecular complexity index is 1170. The van der Waals surface area contributed by atoms with Gasteiger partial charge in [-0.15, -0.1) is 0 Å². The first-order valence-corrected chi connectivity index (χ1v) is 8.37. The van der Waals surface area contributed by atoms with Crippen molar-refractivity contribution in [3.05, 3.63) is 60.0 Å². The van der Waals surface area contributed by atoms with Crippen LogP contribution in [0.4, 0.5) is 10.1 Å². The van der Waals surface area contributed by atoms with E-state index in [1.807, 2.05) is 31.2 Å². The Morgan fingerprint density at radius 1 is 1.19 bits per heavy atom. The smallest absolute Gasteiger partial charge is 0.221 e. The van der Waals surface area contributed by atoms with Crippen molar-refractivity contribution in [3.63, 3.8) is 0 Å². The standard InChI is InChI=1S/C20H16FN5O/c1-11-8-14(21)6-7-16(11)18-19-20(26-25-18)22-10-17(24-19)13-4-3-5-15(9-13)23-12(2)27/h3-10H,1-2H3,(H,23,27)(H,22,25,26). The first kappa shape index (κ1) is 16.8. The average molecular weight is 361 g/mol. The number of hydrogen-bond acceptors (Lipinski definition) is 4. The molecule has 0 aliphatic rings. The van der Waals surface area contributed by atoms with Gasteiger partial charge in [-0.2, -0.15) is 5.10 Å². The van der Waals surface area contributed by atoms with E-state index in [9.17, 15) is 9.18 Å². The van der Waals surface area contributed by atoms with E-state index in [1.165, 1.54) is 19.1 Å². The SMILES string of the molecule is CC(=O)Nc1cccc(-c2cnc3n[nH]c(-c4ccc(F)cc4C)c3n2)c1. The molecule has 0 spiro atoms. The molecule has 1 amide bonds. The van der Waals surface area contributed by atoms with Crippen LogP contribution in [0.15, 0.2) is 48.7 Å². The zero-order valence-electron chi connectivity index (χ0n) is 14.7. The molecule has 0 saturated heterocycles. The topological polar surface area (TPSA) is 83.6 Å². The van der Waals surface area contributed by atoms with Crippen LogP contribution in [0.25, 0.3) is 33.7 Å². The Morgan fingerprint density at radius 2 is 2.04 bits per heavy atom. The number of amides is 1. The third-order valence-electron chi connectivity index (χ3n) is 4.20. The first-order valence-electron chi connectivity index (χ1n) is 8.37. The second kappa shape index (κ2) is 6.60. The largest absolute Gasteiger partial charge is 0.326 e. The highest BCUT2D eigenvalue weighted by molar-refractivity contribution is 5.91. The zero-order valence-corrected chi connectivity index (χ0v) is 14.7. The molecule has 2 heterocycles. The van der Waals surface area contributed by atoms with E-state index in [0.717, 1.165) is 16.7 Å². The predicted molar refractivity (Wildman–Crippen MR) is 102 cm³/mol. The summed E-state index contributed by atoms with van der Waals surface area (Å²) in [6.07, 6.45) is 1.64. The van der Waals surface area contributed by atoms with Gasteiger partial charge in [0.1, 0.15) is 11.3 Å². The van der Waals surface area contributed by atoms with Crippen LogP contribution in [-0.2, 0) is 4.79 Å². The molecule has 2 aromatic heterocycles. The van der Waals surface area contributed by atoms with Gasteiger partial charge in [-0.05, 0) is 42.8 Å². The van der Waals surface area contributed by atoms with E-state index in [1.54, 1.807) is 12.3 Å². The van der Waals surface area contributed by atoms with Gasteiger partial charge >= 0.3 is 0 Å². The van der Waals surface area contributed by atoms with Crippen molar-refractivity contribution < 1.29 is 9.18 Å². The number of hydrogen-bond donors (Lipinski definition) is 2. The highest BCUT2D eigenvalue weighted by atomic mass is 19.1. The quantitative estimate of drug-likeness (QED) is 0.576. The summed E-state index contributed by atoms with van der Waals surface area (Å²) in [5.41, 5.74) is 5.52. The van der Waals surface area contributed by atoms with Crippen LogP contribution in [-0.4, -0.2) is 26.1 Å². The summed E-state index contributed by atoms with van der Waals surface area (Å²) in [6.45, 7) is 3.29. The van der Waals surface area contributed by atoms with Crippen LogP contribution in [0.3, 0.4) is 0 Å². The maximum atomic E-state index is 13.4. The molecule has 6 nitrogen and oxygen atoms in total. The minimum Gasteiger partial charge on any atom is -0.326 e. The lowest BCUT2D eigenvalue weighted by Crippen LogP contribution is -2.05. The fraction of sp³-hybridized carbons (Fsp3) is 0.100. The van der Waals surface area contributed by atoms with Gasteiger partial charge in [0.05, 0.1) is 17.6 Å². The zero-order chi connectivity index (χ0) is 19.0. The molecule has 0 saturated carbocycles. The molecule has 27 heavy (non-hydrogen) atoms. The van der Waals surface area contributed by atoms with Crippen LogP contribution >= 0.6 is 0 Å². The minimum atomic E-state index is -0.290. The highest BCUT2D eigenvalue weighted by Gasteiger charge is 2.14. The number of carbonyl (C=O) groups excluding carboxylic acids is 1. The average Bonchev–Trinajstić information content (AvgIpc) is 3.04. The number of halogens is 1. The van der Waals surface area contributed by atoms with Crippen molar-refractivity contribution in [2.75, 3.05) is 5.32 Å². The molecule has 7 heteroatoms. The maximum absolute atomic E-state index is 13.4. The monoisotopic (exact) mass is 361 g/mol. The molecule has 2 aromatic carbocycles. The van der Waals surface area contributed by atoms with Crippen LogP contribution in [0.5, 0.6) is 0 Å². The summed E-state index contributed by atoms with van der Waals surface area (Å²) >= 11 is 0. The van der Waals surface area contributed by atoms with Gasteiger partial charge in [0, 0.05) is 23.7 Å². The number of carbonyl (C=O) groups is 1. The molecule has 0 aliphatic carbocycles. The first-order chi connectivity index (χ1) is 13.0. The summed E-state index contributed by atoms with van der Waals surface area (Å²) in [4.78, 5) is 20.4. The minimum absolute atomic E-state index is 0.141. The molecule has 0 unspecified atom stereocenters. The van der Waals surface area contributed by atoms with Crippen molar-refractivity contribution in [1.82, 2.24) is 20.2 Å². The van der Waals surface area contributed by atoms with E-state index in [-0.39, 0.29) is 11.7 Å². The molecule has 134 valence electrons. The number of aromatic nitrogens is 4. The molecule has 0 radical (unpaired) electrons. The third-order valence-corrected chi connectivity index (χ3v) is 4.20. The van der Waals surface area contributed by atoms with Gasteiger partial charge in [-0.25, -0.2) is 14.4 Å². The fourth-order valence-corrected chi connectivity index (χ4v) is 2.99. The van der Waals surface area contributed by atoms with E-state index < -0.39 is 0 Å². The Morgan fingerprint density at radius 3 is 2.81 bits per heavy atom. The van der Waals surface area contributed by atoms with Gasteiger partial charge in [-0.1, -0.05) is 12.1 Å². The summed E-state index contributed by atoms with van der Waals surface area (Å²) in [5.74, 6) is -0.431. The summed E-state index contributed by atoms with van der Waals surface area (Å²) < 4.78 is 13.4. The van der Waals surface area contributed by atoms with Gasteiger partial charge in [0.25, 0.3) is 0 Å². The number of H-pyrrole nitrogens is 1. The van der Waals surface area contributed by atoms with E-state index in [0.29, 0.717) is 28.2 Å². The lowest BCUT2D eigenvalue weighted by Gasteiger charge is -2.06. The number of aryl methyl sites for hydroxylation is 1. The van der Waals surface area contributed by atoms with Gasteiger partial charge in [0.2, 0.25) is 5.91 Å². The van der Waals surface area contributed by atoms with Crippen LogP contribution in [0.1, 0.15) is 12.5 Å². The van der Waals surface area contributed by atoms with Crippen LogP contribution in [0.2, 0.25) is 0 Å². The van der Waals surface area contributed by atoms with Crippen LogP contribution in [0, 0.1) is 12.7 Å². The molecule has 0 atom stereocenters. The lowest BCUT2D eigenvalue weighted by atomic mass is 10.0. The molecule has 0 aliphatic heterocycles. The predicted octanol–water partition coefficient (Wildman–Crippen LogP) is 4.09. The van der Waals surface area contributed by atoms with Crippen molar-refractivity contribution in [3.8, 4) is 22.5 Å². The molecular weight excluding hydrogens is 345 g/mol. The Hall–Kier alpha value is -3.61. The number of anilines is 1. The third kappa shape index (κ3) is 3.27. The molecule has 2 N–H and O–H groups in total. The molecule has 4 aromatic rings. The van der Waals surface area contributed by atoms with Crippen LogP contribution < -0.4 is 5.32 Å². The Kier molecular flexibility index (Phi) is 4.12. The normalized spacial score (nSPS) is 10.9. The molecule has 0 fully saturated rings. The van der Waals surface area contributed by atoms with Crippen molar-refractivity contribution in [2.45, 2.75) is 13.8 Å². The number of nitrogens with zero attached hydrogens (tertiary/aromatic N) is 3. The number of benzene rings is 2. The number of aromatic amines is 1. The van der Waals surface area contributed by atoms with E-state index >= 15 is 0 Å². The van der Waals surface area contributed by atoms with Crippen molar-refractivity contribution >= 4 is 22.8 Å². The number of fused-ring (bicyclic) bond motifs is 1. The van der Waals surface area contributed by atoms with E-state index in [2.05, 4.69) is 20.5 Å². The summed E-state index contributed by atoms with van der Waals surface area (Å²) in [7, 11) is 0. The van der Waals surface area contributed by atoms with Gasteiger partial charge < -0.3 is 5.32 Å². The fourth-order valence-electron chi connectivity index (χ4n) is 2.99.